The predicted molar refractivity (Wildman–Crippen MR) is 242 cm³/mol. The lowest BCUT2D eigenvalue weighted by Gasteiger charge is -2.36. The summed E-state index contributed by atoms with van der Waals surface area (Å²) in [6.07, 6.45) is 7.60. The molecule has 5 aromatic heterocycles. The fraction of sp³-hybridized carbons (Fsp3) is 0.465. The van der Waals surface area contributed by atoms with Gasteiger partial charge in [-0.15, -0.1) is 5.10 Å². The Labute approximate surface area is 380 Å². The number of anilines is 2. The maximum absolute atomic E-state index is 12.6. The summed E-state index contributed by atoms with van der Waals surface area (Å²) in [6.45, 7) is 10.7. The second kappa shape index (κ2) is 26.1. The van der Waals surface area contributed by atoms with Gasteiger partial charge in [0.2, 0.25) is 5.91 Å². The van der Waals surface area contributed by atoms with E-state index >= 15 is 0 Å². The van der Waals surface area contributed by atoms with Crippen LogP contribution in [0.2, 0.25) is 5.15 Å². The van der Waals surface area contributed by atoms with Gasteiger partial charge in [-0.05, 0) is 48.4 Å². The van der Waals surface area contributed by atoms with Gasteiger partial charge in [0.1, 0.15) is 11.4 Å². The van der Waals surface area contributed by atoms with Crippen LogP contribution in [0, 0.1) is 0 Å². The highest BCUT2D eigenvalue weighted by Gasteiger charge is 2.19. The first-order valence-corrected chi connectivity index (χ1v) is 22.0. The van der Waals surface area contributed by atoms with Gasteiger partial charge in [0.05, 0.1) is 101 Å². The molecule has 0 atom stereocenters. The highest BCUT2D eigenvalue weighted by Crippen LogP contribution is 2.20. The van der Waals surface area contributed by atoms with Gasteiger partial charge >= 0.3 is 0 Å². The first kappa shape index (κ1) is 48.5. The minimum Gasteiger partial charge on any atom is -0.377 e. The summed E-state index contributed by atoms with van der Waals surface area (Å²) in [4.78, 5) is 70.2. The molecule has 0 radical (unpaired) electrons. The Hall–Kier alpha value is -5.94. The number of carbonyl (C=O) groups excluding carboxylic acids is 3. The first-order valence-electron chi connectivity index (χ1n) is 21.6. The Morgan fingerprint density at radius 3 is 2.11 bits per heavy atom. The zero-order valence-corrected chi connectivity index (χ0v) is 37.2. The molecular formula is C43H56ClN13O8. The highest BCUT2D eigenvalue weighted by molar-refractivity contribution is 6.32. The smallest absolute Gasteiger partial charge is 0.270 e. The van der Waals surface area contributed by atoms with E-state index in [2.05, 4.69) is 61.3 Å². The number of piperazine rings is 1. The van der Waals surface area contributed by atoms with Crippen molar-refractivity contribution in [3.8, 4) is 0 Å². The third kappa shape index (κ3) is 15.9. The molecule has 5 N–H and O–H groups in total. The van der Waals surface area contributed by atoms with Crippen molar-refractivity contribution in [1.29, 1.82) is 0 Å². The number of aromatic nitrogens is 7. The predicted octanol–water partition coefficient (Wildman–Crippen LogP) is 1.30. The lowest BCUT2D eigenvalue weighted by Crippen LogP contribution is -2.46. The molecule has 1 aliphatic heterocycles. The monoisotopic (exact) mass is 917 g/mol. The summed E-state index contributed by atoms with van der Waals surface area (Å²) < 4.78 is 23.8. The molecule has 22 heteroatoms. The minimum absolute atomic E-state index is 0.000826. The van der Waals surface area contributed by atoms with E-state index < -0.39 is 5.91 Å². The number of ether oxygens (including phenoxy) is 4. The van der Waals surface area contributed by atoms with Gasteiger partial charge < -0.3 is 50.1 Å². The van der Waals surface area contributed by atoms with Crippen molar-refractivity contribution in [3.63, 3.8) is 0 Å². The van der Waals surface area contributed by atoms with Crippen LogP contribution in [0.3, 0.4) is 0 Å². The van der Waals surface area contributed by atoms with Gasteiger partial charge in [-0.25, -0.2) is 9.97 Å². The van der Waals surface area contributed by atoms with Crippen molar-refractivity contribution in [1.82, 2.24) is 55.8 Å². The Morgan fingerprint density at radius 1 is 0.800 bits per heavy atom. The third-order valence-corrected chi connectivity index (χ3v) is 10.4. The standard InChI is InChI=1S/C43H56ClN13O8/c1-2-32-26-37-38(53-41(32)59)25-31(27-48-37)30-55-13-15-56(16-14-55)33-3-4-35(49-28-33)42(60)46-9-17-62-19-21-64-23-24-65-22-20-63-18-10-47-43(61)36-6-5-34(40(44)52-36)51-39(58)29-45-7-11-57-12-8-50-54-57/h3-6,8,12,25-28,45H,2,7,9-11,13-24,29-30H2,1H3,(H,46,60)(H,47,61)(H,51,58)(H,53,59). The van der Waals surface area contributed by atoms with Gasteiger partial charge in [-0.2, -0.15) is 0 Å². The van der Waals surface area contributed by atoms with Crippen LogP contribution in [-0.4, -0.2) is 163 Å². The zero-order valence-electron chi connectivity index (χ0n) is 36.4. The maximum atomic E-state index is 12.6. The van der Waals surface area contributed by atoms with E-state index in [0.717, 1.165) is 60.6 Å². The molecule has 348 valence electrons. The van der Waals surface area contributed by atoms with Crippen LogP contribution >= 0.6 is 11.6 Å². The zero-order chi connectivity index (χ0) is 45.6. The number of pyridine rings is 4. The molecule has 0 aliphatic carbocycles. The lowest BCUT2D eigenvalue weighted by atomic mass is 10.1. The van der Waals surface area contributed by atoms with E-state index in [1.165, 1.54) is 12.1 Å². The molecule has 0 aromatic carbocycles. The quantitative estimate of drug-likeness (QED) is 0.0368. The summed E-state index contributed by atoms with van der Waals surface area (Å²) in [5.41, 5.74) is 5.01. The summed E-state index contributed by atoms with van der Waals surface area (Å²) in [5, 5.41) is 18.8. The van der Waals surface area contributed by atoms with Crippen molar-refractivity contribution in [3.05, 3.63) is 99.2 Å². The number of nitrogens with zero attached hydrogens (tertiary/aromatic N) is 8. The second-order valence-electron chi connectivity index (χ2n) is 14.8. The average Bonchev–Trinajstić information content (AvgIpc) is 3.84. The molecule has 6 rings (SSSR count). The Bertz CT molecular complexity index is 2330. The number of halogens is 1. The van der Waals surface area contributed by atoms with Gasteiger partial charge in [-0.1, -0.05) is 23.7 Å². The molecule has 6 heterocycles. The maximum Gasteiger partial charge on any atom is 0.270 e. The Balaban J connectivity index is 0.717. The number of aryl methyl sites for hydroxylation is 1. The fourth-order valence-electron chi connectivity index (χ4n) is 6.66. The molecule has 65 heavy (non-hydrogen) atoms. The summed E-state index contributed by atoms with van der Waals surface area (Å²) >= 11 is 6.20. The number of H-pyrrole nitrogens is 1. The Morgan fingerprint density at radius 2 is 1.48 bits per heavy atom. The number of carbonyl (C=O) groups is 3. The minimum atomic E-state index is -0.424. The Kier molecular flexibility index (Phi) is 19.5. The molecular weight excluding hydrogens is 862 g/mol. The van der Waals surface area contributed by atoms with Crippen molar-refractivity contribution in [2.24, 2.45) is 0 Å². The number of aromatic amines is 1. The summed E-state index contributed by atoms with van der Waals surface area (Å²) in [7, 11) is 0. The molecule has 1 aliphatic rings. The molecule has 1 fully saturated rings. The number of hydrogen-bond acceptors (Lipinski definition) is 16. The van der Waals surface area contributed by atoms with Crippen molar-refractivity contribution in [2.75, 3.05) is 115 Å². The van der Waals surface area contributed by atoms with Crippen LogP contribution in [0.4, 0.5) is 11.4 Å². The van der Waals surface area contributed by atoms with E-state index in [1.807, 2.05) is 31.3 Å². The van der Waals surface area contributed by atoms with E-state index in [0.29, 0.717) is 83.7 Å². The fourth-order valence-corrected chi connectivity index (χ4v) is 6.86. The van der Waals surface area contributed by atoms with Gasteiger partial charge in [-0.3, -0.25) is 33.7 Å². The number of fused-ring (bicyclic) bond motifs is 1. The second-order valence-corrected chi connectivity index (χ2v) is 15.2. The van der Waals surface area contributed by atoms with Crippen LogP contribution in [-0.2, 0) is 43.3 Å². The molecule has 1 saturated heterocycles. The average molecular weight is 918 g/mol. The van der Waals surface area contributed by atoms with E-state index in [1.54, 1.807) is 29.3 Å². The normalized spacial score (nSPS) is 13.0. The molecule has 0 unspecified atom stereocenters. The first-order chi connectivity index (χ1) is 31.7. The van der Waals surface area contributed by atoms with Crippen molar-refractivity contribution < 1.29 is 33.3 Å². The molecule has 0 bridgehead atoms. The van der Waals surface area contributed by atoms with Crippen LogP contribution in [0.5, 0.6) is 0 Å². The van der Waals surface area contributed by atoms with Gasteiger partial charge in [0.25, 0.3) is 17.4 Å². The number of nitrogens with one attached hydrogen (secondary N) is 5. The number of amides is 3. The van der Waals surface area contributed by atoms with E-state index in [9.17, 15) is 19.2 Å². The van der Waals surface area contributed by atoms with Gasteiger partial charge in [0, 0.05) is 70.3 Å². The summed E-state index contributed by atoms with van der Waals surface area (Å²) in [6, 6.07) is 10.5. The third-order valence-electron chi connectivity index (χ3n) is 10.1. The number of rotatable bonds is 27. The van der Waals surface area contributed by atoms with Crippen molar-refractivity contribution in [2.45, 2.75) is 26.4 Å². The highest BCUT2D eigenvalue weighted by atomic mass is 35.5. The largest absolute Gasteiger partial charge is 0.377 e. The molecule has 3 amide bonds. The molecule has 21 nitrogen and oxygen atoms in total. The van der Waals surface area contributed by atoms with Crippen LogP contribution in [0.15, 0.2) is 66.0 Å². The summed E-state index contributed by atoms with van der Waals surface area (Å²) in [5.74, 6) is -0.996. The SMILES string of the molecule is CCc1cc2ncc(CN3CCN(c4ccc(C(=O)NCCOCCOCCOCCOCCNC(=O)c5ccc(NC(=O)CNCCn6ccnn6)c(Cl)n5)nc4)CC3)cc2[nH]c1=O. The number of hydrogen-bond donors (Lipinski definition) is 5. The van der Waals surface area contributed by atoms with Crippen molar-refractivity contribution >= 4 is 51.7 Å². The topological polar surface area (TPSA) is 245 Å². The molecule has 0 spiro atoms. The molecule has 5 aromatic rings. The van der Waals surface area contributed by atoms with Crippen LogP contribution in [0.25, 0.3) is 11.0 Å². The van der Waals surface area contributed by atoms with E-state index in [-0.39, 0.29) is 47.9 Å². The van der Waals surface area contributed by atoms with Crippen LogP contribution in [0.1, 0.15) is 39.0 Å². The van der Waals surface area contributed by atoms with Gasteiger partial charge in [0.15, 0.2) is 5.15 Å². The molecule has 0 saturated carbocycles. The van der Waals surface area contributed by atoms with E-state index in [4.69, 9.17) is 30.5 Å². The lowest BCUT2D eigenvalue weighted by molar-refractivity contribution is -0.115. The van der Waals surface area contributed by atoms with Crippen LogP contribution < -0.4 is 31.7 Å².